The Hall–Kier alpha value is -1.47. The minimum absolute atomic E-state index is 0.0384. The van der Waals surface area contributed by atoms with E-state index in [1.807, 2.05) is 11.0 Å². The van der Waals surface area contributed by atoms with Gasteiger partial charge in [0.25, 0.3) is 0 Å². The van der Waals surface area contributed by atoms with Gasteiger partial charge >= 0.3 is 0 Å². The number of rotatable bonds is 4. The Kier molecular flexibility index (Phi) is 5.03. The Labute approximate surface area is 148 Å². The quantitative estimate of drug-likeness (QED) is 0.808. The molecule has 6 nitrogen and oxygen atoms in total. The second kappa shape index (κ2) is 7.41. The van der Waals surface area contributed by atoms with E-state index in [1.165, 1.54) is 5.56 Å². The minimum Gasteiger partial charge on any atom is -0.391 e. The first-order valence-electron chi connectivity index (χ1n) is 9.27. The van der Waals surface area contributed by atoms with Crippen LogP contribution in [-0.4, -0.2) is 78.4 Å². The molecule has 3 aliphatic rings. The van der Waals surface area contributed by atoms with E-state index in [4.69, 9.17) is 4.74 Å². The molecule has 6 heteroatoms. The topological polar surface area (TPSA) is 65.0 Å². The van der Waals surface area contributed by atoms with E-state index in [0.29, 0.717) is 19.5 Å². The van der Waals surface area contributed by atoms with Crippen LogP contribution in [0.15, 0.2) is 30.3 Å². The summed E-state index contributed by atoms with van der Waals surface area (Å²) in [5.41, 5.74) is 1.30. The predicted molar refractivity (Wildman–Crippen MR) is 93.9 cm³/mol. The molecule has 3 heterocycles. The summed E-state index contributed by atoms with van der Waals surface area (Å²) in [7, 11) is 0. The molecule has 2 N–H and O–H groups in total. The van der Waals surface area contributed by atoms with Gasteiger partial charge in [-0.3, -0.25) is 9.69 Å². The van der Waals surface area contributed by atoms with E-state index in [9.17, 15) is 9.90 Å². The fourth-order valence-electron chi connectivity index (χ4n) is 4.26. The molecule has 3 aliphatic heterocycles. The summed E-state index contributed by atoms with van der Waals surface area (Å²) < 4.78 is 5.94. The van der Waals surface area contributed by atoms with Crippen LogP contribution in [0.2, 0.25) is 0 Å². The van der Waals surface area contributed by atoms with E-state index < -0.39 is 6.10 Å². The van der Waals surface area contributed by atoms with Crippen molar-refractivity contribution in [2.75, 3.05) is 39.3 Å². The number of hydrogen-bond acceptors (Lipinski definition) is 5. The second-order valence-electron chi connectivity index (χ2n) is 7.42. The Bertz CT molecular complexity index is 597. The number of aliphatic hydroxyl groups excluding tert-OH is 1. The van der Waals surface area contributed by atoms with E-state index >= 15 is 0 Å². The Morgan fingerprint density at radius 3 is 2.84 bits per heavy atom. The highest BCUT2D eigenvalue weighted by Crippen LogP contribution is 2.26. The van der Waals surface area contributed by atoms with Crippen molar-refractivity contribution in [2.45, 2.75) is 31.2 Å². The van der Waals surface area contributed by atoms with Gasteiger partial charge in [-0.1, -0.05) is 30.3 Å². The molecule has 4 atom stereocenters. The number of nitrogens with zero attached hydrogens (tertiary/aromatic N) is 2. The Morgan fingerprint density at radius 1 is 1.24 bits per heavy atom. The van der Waals surface area contributed by atoms with Gasteiger partial charge in [0.15, 0.2) is 0 Å². The lowest BCUT2D eigenvalue weighted by molar-refractivity contribution is -0.132. The molecule has 1 amide bonds. The smallest absolute Gasteiger partial charge is 0.223 e. The highest BCUT2D eigenvalue weighted by molar-refractivity contribution is 5.77. The molecule has 4 rings (SSSR count). The first kappa shape index (κ1) is 17.0. The molecule has 0 saturated carbocycles. The number of nitrogens with one attached hydrogen (secondary N) is 1. The molecule has 0 aromatic heterocycles. The molecule has 3 saturated heterocycles. The molecule has 0 spiro atoms. The maximum atomic E-state index is 12.7. The van der Waals surface area contributed by atoms with Gasteiger partial charge in [0.05, 0.1) is 24.9 Å². The van der Waals surface area contributed by atoms with Crippen LogP contribution < -0.4 is 5.32 Å². The zero-order chi connectivity index (χ0) is 17.2. The van der Waals surface area contributed by atoms with Crippen LogP contribution in [-0.2, 0) is 16.1 Å². The normalized spacial score (nSPS) is 32.8. The van der Waals surface area contributed by atoms with E-state index in [-0.39, 0.29) is 24.0 Å². The third-order valence-corrected chi connectivity index (χ3v) is 5.74. The van der Waals surface area contributed by atoms with E-state index in [1.54, 1.807) is 0 Å². The summed E-state index contributed by atoms with van der Waals surface area (Å²) in [6, 6.07) is 10.7. The number of amides is 1. The summed E-state index contributed by atoms with van der Waals surface area (Å²) in [4.78, 5) is 17.0. The molecular formula is C19H27N3O3. The van der Waals surface area contributed by atoms with Gasteiger partial charge in [0.1, 0.15) is 0 Å². The highest BCUT2D eigenvalue weighted by Gasteiger charge is 2.42. The molecule has 1 aromatic rings. The van der Waals surface area contributed by atoms with Crippen molar-refractivity contribution >= 4 is 5.91 Å². The zero-order valence-electron chi connectivity index (χ0n) is 14.5. The minimum atomic E-state index is -0.403. The first-order chi connectivity index (χ1) is 12.2. The van der Waals surface area contributed by atoms with Crippen LogP contribution in [0.5, 0.6) is 0 Å². The molecule has 1 aromatic carbocycles. The fourth-order valence-corrected chi connectivity index (χ4v) is 4.26. The van der Waals surface area contributed by atoms with Gasteiger partial charge in [0.2, 0.25) is 5.91 Å². The van der Waals surface area contributed by atoms with Crippen molar-refractivity contribution in [1.29, 1.82) is 0 Å². The number of β-amino-alcohol motifs (C(OH)–C–C–N with tert-alkyl or cyclic N) is 1. The fraction of sp³-hybridized carbons (Fsp3) is 0.632. The first-order valence-corrected chi connectivity index (χ1v) is 9.27. The summed E-state index contributed by atoms with van der Waals surface area (Å²) in [6.45, 7) is 5.25. The van der Waals surface area contributed by atoms with Crippen molar-refractivity contribution in [3.05, 3.63) is 35.9 Å². The van der Waals surface area contributed by atoms with E-state index in [0.717, 1.165) is 32.8 Å². The van der Waals surface area contributed by atoms with Gasteiger partial charge in [-0.05, 0) is 5.56 Å². The third kappa shape index (κ3) is 3.72. The number of morpholine rings is 1. The standard InChI is InChI=1S/C19H27N3O3/c23-17-10-20-9-15(17)8-19(24)22-12-16-18(13-22)25-7-6-21(16)11-14-4-2-1-3-5-14/h1-5,15-18,20,23H,6-13H2/t15-,16-,17-,18+/m1/s1. The number of aliphatic hydroxyl groups is 1. The van der Waals surface area contributed by atoms with Crippen molar-refractivity contribution in [3.63, 3.8) is 0 Å². The largest absolute Gasteiger partial charge is 0.391 e. The van der Waals surface area contributed by atoms with Gasteiger partial charge < -0.3 is 20.1 Å². The lowest BCUT2D eigenvalue weighted by Gasteiger charge is -2.36. The monoisotopic (exact) mass is 345 g/mol. The average molecular weight is 345 g/mol. The number of fused-ring (bicyclic) bond motifs is 1. The molecule has 0 aliphatic carbocycles. The lowest BCUT2D eigenvalue weighted by atomic mass is 10.0. The molecule has 0 unspecified atom stereocenters. The van der Waals surface area contributed by atoms with Gasteiger partial charge in [-0.2, -0.15) is 0 Å². The summed E-state index contributed by atoms with van der Waals surface area (Å²) in [6.07, 6.45) is 0.124. The molecule has 25 heavy (non-hydrogen) atoms. The number of carbonyl (C=O) groups excluding carboxylic acids is 1. The SMILES string of the molecule is O=C(C[C@@H]1CNC[C@H]1O)N1C[C@@H]2OCCN(Cc3ccccc3)[C@@H]2C1. The van der Waals surface area contributed by atoms with Crippen molar-refractivity contribution in [1.82, 2.24) is 15.1 Å². The van der Waals surface area contributed by atoms with Crippen LogP contribution in [0.25, 0.3) is 0 Å². The van der Waals surface area contributed by atoms with Crippen molar-refractivity contribution in [2.24, 2.45) is 5.92 Å². The molecular weight excluding hydrogens is 318 g/mol. The van der Waals surface area contributed by atoms with Crippen LogP contribution in [0, 0.1) is 5.92 Å². The van der Waals surface area contributed by atoms with Crippen molar-refractivity contribution < 1.29 is 14.6 Å². The van der Waals surface area contributed by atoms with E-state index in [2.05, 4.69) is 34.5 Å². The van der Waals surface area contributed by atoms with Gasteiger partial charge in [0, 0.05) is 51.6 Å². The maximum Gasteiger partial charge on any atom is 0.223 e. The number of likely N-dealkylation sites (tertiary alicyclic amines) is 1. The average Bonchev–Trinajstić information content (AvgIpc) is 3.23. The number of benzene rings is 1. The number of carbonyl (C=O) groups is 1. The zero-order valence-corrected chi connectivity index (χ0v) is 14.5. The van der Waals surface area contributed by atoms with Crippen LogP contribution >= 0.6 is 0 Å². The summed E-state index contributed by atoms with van der Waals surface area (Å²) in [5, 5.41) is 13.1. The maximum absolute atomic E-state index is 12.7. The predicted octanol–water partition coefficient (Wildman–Crippen LogP) is 0.0686. The number of ether oxygens (including phenoxy) is 1. The Morgan fingerprint density at radius 2 is 2.08 bits per heavy atom. The van der Waals surface area contributed by atoms with Crippen LogP contribution in [0.3, 0.4) is 0 Å². The summed E-state index contributed by atoms with van der Waals surface area (Å²) >= 11 is 0. The van der Waals surface area contributed by atoms with Gasteiger partial charge in [-0.15, -0.1) is 0 Å². The Balaban J connectivity index is 1.37. The third-order valence-electron chi connectivity index (χ3n) is 5.74. The van der Waals surface area contributed by atoms with Gasteiger partial charge in [-0.25, -0.2) is 0 Å². The molecule has 0 bridgehead atoms. The second-order valence-corrected chi connectivity index (χ2v) is 7.42. The molecule has 3 fully saturated rings. The highest BCUT2D eigenvalue weighted by atomic mass is 16.5. The summed E-state index contributed by atoms with van der Waals surface area (Å²) in [5.74, 6) is 0.182. The lowest BCUT2D eigenvalue weighted by Crippen LogP contribution is -2.50. The van der Waals surface area contributed by atoms with Crippen molar-refractivity contribution in [3.8, 4) is 0 Å². The van der Waals surface area contributed by atoms with Crippen LogP contribution in [0.1, 0.15) is 12.0 Å². The van der Waals surface area contributed by atoms with Crippen LogP contribution in [0.4, 0.5) is 0 Å². The molecule has 136 valence electrons. The number of hydrogen-bond donors (Lipinski definition) is 2. The molecule has 0 radical (unpaired) electrons.